The first-order valence-electron chi connectivity index (χ1n) is 7.37. The molecule has 0 saturated heterocycles. The molecule has 0 unspecified atom stereocenters. The highest BCUT2D eigenvalue weighted by Crippen LogP contribution is 2.30. The zero-order valence-electron chi connectivity index (χ0n) is 12.4. The highest BCUT2D eigenvalue weighted by atomic mass is 35.5. The molecule has 3 nitrogen and oxygen atoms in total. The summed E-state index contributed by atoms with van der Waals surface area (Å²) >= 11 is 12.2. The van der Waals surface area contributed by atoms with Crippen molar-refractivity contribution in [3.8, 4) is 0 Å². The number of carbonyl (C=O) groups is 1. The number of hydrogen-bond donors (Lipinski definition) is 1. The summed E-state index contributed by atoms with van der Waals surface area (Å²) in [6.45, 7) is 0.453. The van der Waals surface area contributed by atoms with Gasteiger partial charge in [0.05, 0.1) is 10.0 Å². The van der Waals surface area contributed by atoms with E-state index in [2.05, 4.69) is 0 Å². The number of nitrogens with zero attached hydrogens (tertiary/aromatic N) is 1. The maximum Gasteiger partial charge on any atom is 0.224 e. The second kappa shape index (κ2) is 6.99. The molecule has 1 aromatic rings. The Kier molecular flexibility index (Phi) is 5.53. The summed E-state index contributed by atoms with van der Waals surface area (Å²) in [4.78, 5) is 14.1. The minimum Gasteiger partial charge on any atom is -0.341 e. The van der Waals surface area contributed by atoms with Crippen molar-refractivity contribution in [2.24, 2.45) is 5.73 Å². The van der Waals surface area contributed by atoms with Gasteiger partial charge in [-0.1, -0.05) is 54.6 Å². The third kappa shape index (κ3) is 4.35. The predicted octanol–water partition coefficient (Wildman–Crippen LogP) is 4.00. The number of benzene rings is 1. The van der Waals surface area contributed by atoms with Crippen molar-refractivity contribution >= 4 is 29.1 Å². The Hall–Kier alpha value is -0.770. The van der Waals surface area contributed by atoms with Crippen LogP contribution in [0.4, 0.5) is 0 Å². The van der Waals surface area contributed by atoms with Crippen molar-refractivity contribution in [1.29, 1.82) is 0 Å². The van der Waals surface area contributed by atoms with E-state index in [1.807, 2.05) is 12.1 Å². The fourth-order valence-electron chi connectivity index (χ4n) is 2.88. The van der Waals surface area contributed by atoms with Crippen LogP contribution in [0.3, 0.4) is 0 Å². The summed E-state index contributed by atoms with van der Waals surface area (Å²) < 4.78 is 0. The molecule has 0 radical (unpaired) electrons. The quantitative estimate of drug-likeness (QED) is 0.907. The zero-order valence-corrected chi connectivity index (χ0v) is 13.9. The average Bonchev–Trinajstić information content (AvgIpc) is 2.44. The molecule has 1 amide bonds. The first-order valence-corrected chi connectivity index (χ1v) is 8.13. The number of nitrogens with two attached hydrogens (primary N) is 1. The van der Waals surface area contributed by atoms with Crippen molar-refractivity contribution in [2.75, 3.05) is 7.05 Å². The van der Waals surface area contributed by atoms with Gasteiger partial charge < -0.3 is 10.6 Å². The molecule has 2 rings (SSSR count). The largest absolute Gasteiger partial charge is 0.341 e. The van der Waals surface area contributed by atoms with E-state index in [1.54, 1.807) is 18.0 Å². The fraction of sp³-hybridized carbons (Fsp3) is 0.562. The summed E-state index contributed by atoms with van der Waals surface area (Å²) in [6, 6.07) is 5.47. The number of hydrogen-bond acceptors (Lipinski definition) is 2. The molecule has 1 aliphatic rings. The average molecular weight is 329 g/mol. The second-order valence-electron chi connectivity index (χ2n) is 6.06. The van der Waals surface area contributed by atoms with Gasteiger partial charge in [0.25, 0.3) is 0 Å². The Balaban J connectivity index is 1.97. The Morgan fingerprint density at radius 1 is 1.29 bits per heavy atom. The lowest BCUT2D eigenvalue weighted by molar-refractivity contribution is -0.132. The monoisotopic (exact) mass is 328 g/mol. The Morgan fingerprint density at radius 2 is 1.95 bits per heavy atom. The van der Waals surface area contributed by atoms with Gasteiger partial charge >= 0.3 is 0 Å². The Morgan fingerprint density at radius 3 is 2.62 bits per heavy atom. The molecule has 0 aromatic heterocycles. The van der Waals surface area contributed by atoms with E-state index in [4.69, 9.17) is 28.9 Å². The molecule has 21 heavy (non-hydrogen) atoms. The summed E-state index contributed by atoms with van der Waals surface area (Å²) in [5.74, 6) is 0.0652. The molecule has 116 valence electrons. The SMILES string of the molecule is CN(Cc1cccc(Cl)c1Cl)C(=O)CC1(N)CCCCC1. The van der Waals surface area contributed by atoms with Gasteiger partial charge in [0.1, 0.15) is 0 Å². The number of rotatable bonds is 4. The van der Waals surface area contributed by atoms with Crippen LogP contribution in [0, 0.1) is 0 Å². The van der Waals surface area contributed by atoms with Crippen LogP contribution in [0.2, 0.25) is 10.0 Å². The molecule has 2 N–H and O–H groups in total. The van der Waals surface area contributed by atoms with Crippen molar-refractivity contribution in [3.05, 3.63) is 33.8 Å². The van der Waals surface area contributed by atoms with Crippen LogP contribution in [-0.2, 0) is 11.3 Å². The van der Waals surface area contributed by atoms with Gasteiger partial charge in [-0.3, -0.25) is 4.79 Å². The second-order valence-corrected chi connectivity index (χ2v) is 6.85. The lowest BCUT2D eigenvalue weighted by Crippen LogP contribution is -2.46. The number of halogens is 2. The van der Waals surface area contributed by atoms with Crippen LogP contribution in [-0.4, -0.2) is 23.4 Å². The maximum atomic E-state index is 12.4. The van der Waals surface area contributed by atoms with Crippen LogP contribution >= 0.6 is 23.2 Å². The van der Waals surface area contributed by atoms with E-state index in [0.717, 1.165) is 31.2 Å². The minimum absolute atomic E-state index is 0.0652. The van der Waals surface area contributed by atoms with Crippen LogP contribution in [0.25, 0.3) is 0 Å². The molecule has 1 fully saturated rings. The van der Waals surface area contributed by atoms with Gasteiger partial charge in [-0.05, 0) is 24.5 Å². The van der Waals surface area contributed by atoms with Crippen molar-refractivity contribution in [2.45, 2.75) is 50.6 Å². The Labute approximate surface area is 136 Å². The molecular formula is C16H22Cl2N2O. The number of amides is 1. The van der Waals surface area contributed by atoms with Crippen molar-refractivity contribution in [3.63, 3.8) is 0 Å². The minimum atomic E-state index is -0.332. The maximum absolute atomic E-state index is 12.4. The standard InChI is InChI=1S/C16H22Cl2N2O/c1-20(11-12-6-5-7-13(17)15(12)18)14(21)10-16(19)8-3-2-4-9-16/h5-7H,2-4,8-11,19H2,1H3. The molecule has 1 aromatic carbocycles. The highest BCUT2D eigenvalue weighted by Gasteiger charge is 2.31. The van der Waals surface area contributed by atoms with Crippen LogP contribution < -0.4 is 5.73 Å². The van der Waals surface area contributed by atoms with Gasteiger partial charge in [-0.15, -0.1) is 0 Å². The first kappa shape index (κ1) is 16.6. The van der Waals surface area contributed by atoms with Crippen LogP contribution in [0.1, 0.15) is 44.1 Å². The van der Waals surface area contributed by atoms with E-state index >= 15 is 0 Å². The fourth-order valence-corrected chi connectivity index (χ4v) is 3.26. The molecule has 0 aliphatic heterocycles. The van der Waals surface area contributed by atoms with Crippen LogP contribution in [0.5, 0.6) is 0 Å². The smallest absolute Gasteiger partial charge is 0.224 e. The normalized spacial score (nSPS) is 17.5. The van der Waals surface area contributed by atoms with E-state index < -0.39 is 0 Å². The first-order chi connectivity index (χ1) is 9.91. The molecule has 5 heteroatoms. The molecule has 0 heterocycles. The Bertz CT molecular complexity index is 513. The van der Waals surface area contributed by atoms with E-state index in [1.165, 1.54) is 6.42 Å². The van der Waals surface area contributed by atoms with Gasteiger partial charge in [-0.2, -0.15) is 0 Å². The lowest BCUT2D eigenvalue weighted by atomic mass is 9.80. The summed E-state index contributed by atoms with van der Waals surface area (Å²) in [5.41, 5.74) is 6.88. The van der Waals surface area contributed by atoms with Crippen molar-refractivity contribution < 1.29 is 4.79 Å². The zero-order chi connectivity index (χ0) is 15.5. The predicted molar refractivity (Wildman–Crippen MR) is 87.6 cm³/mol. The van der Waals surface area contributed by atoms with Gasteiger partial charge in [0.15, 0.2) is 0 Å². The molecule has 1 aliphatic carbocycles. The summed E-state index contributed by atoms with van der Waals surface area (Å²) in [6.07, 6.45) is 5.74. The number of carbonyl (C=O) groups excluding carboxylic acids is 1. The van der Waals surface area contributed by atoms with Gasteiger partial charge in [-0.25, -0.2) is 0 Å². The van der Waals surface area contributed by atoms with E-state index in [0.29, 0.717) is 23.0 Å². The third-order valence-electron chi connectivity index (χ3n) is 4.22. The van der Waals surface area contributed by atoms with E-state index in [-0.39, 0.29) is 11.4 Å². The molecular weight excluding hydrogens is 307 g/mol. The topological polar surface area (TPSA) is 46.3 Å². The molecule has 0 atom stereocenters. The molecule has 0 bridgehead atoms. The molecule has 0 spiro atoms. The van der Waals surface area contributed by atoms with Gasteiger partial charge in [0, 0.05) is 25.6 Å². The van der Waals surface area contributed by atoms with Gasteiger partial charge in [0.2, 0.25) is 5.91 Å². The summed E-state index contributed by atoms with van der Waals surface area (Å²) in [5, 5.41) is 1.02. The third-order valence-corrected chi connectivity index (χ3v) is 5.08. The lowest BCUT2D eigenvalue weighted by Gasteiger charge is -2.34. The molecule has 1 saturated carbocycles. The van der Waals surface area contributed by atoms with Crippen molar-refractivity contribution in [1.82, 2.24) is 4.90 Å². The van der Waals surface area contributed by atoms with Crippen LogP contribution in [0.15, 0.2) is 18.2 Å². The van der Waals surface area contributed by atoms with E-state index in [9.17, 15) is 4.79 Å². The summed E-state index contributed by atoms with van der Waals surface area (Å²) in [7, 11) is 1.78. The highest BCUT2D eigenvalue weighted by molar-refractivity contribution is 6.42.